The maximum absolute atomic E-state index is 12.9. The molecular weight excluding hydrogens is 959 g/mol. The second kappa shape index (κ2) is 57.3. The van der Waals surface area contributed by atoms with E-state index < -0.39 is 24.3 Å². The molecule has 0 amide bonds. The molecule has 0 saturated heterocycles. The Bertz CT molecular complexity index is 1770. The highest BCUT2D eigenvalue weighted by Crippen LogP contribution is 2.14. The number of nitrogens with zero attached hydrogens (tertiary/aromatic N) is 1. The van der Waals surface area contributed by atoms with Gasteiger partial charge in [0.1, 0.15) is 13.2 Å². The number of carboxylic acids is 1. The standard InChI is InChI=1S/C68H109NO8/c1-6-8-10-12-14-16-18-20-22-24-25-26-27-28-29-30-31-32-33-34-35-36-37-38-39-40-41-43-45-47-49-51-53-55-57-59-66(71)77-64(63-76-68(67(72)73)74-61-60-69(3,4)5)62-75-65(70)58-56-54-52-50-48-46-44-42-23-21-19-17-15-13-11-9-7-2/h8-11,14-17,20-23,25-26,28-29,31-32,34-35,37-38,44,46,64,68H,6-7,12-13,18-19,24,27,30,33,36,39-43,45,47-63H2,1-5H3/b10-8-,11-9-,16-14-,17-15-,22-20-,23-21-,26-25-,29-28-,32-31-,35-34-,38-37-,46-44-. The predicted molar refractivity (Wildman–Crippen MR) is 324 cm³/mol. The van der Waals surface area contributed by atoms with Crippen LogP contribution < -0.4 is 5.11 Å². The summed E-state index contributed by atoms with van der Waals surface area (Å²) in [7, 11) is 5.90. The van der Waals surface area contributed by atoms with Crippen molar-refractivity contribution in [3.8, 4) is 0 Å². The Balaban J connectivity index is 4.24. The van der Waals surface area contributed by atoms with Crippen LogP contribution in [0.5, 0.6) is 0 Å². The summed E-state index contributed by atoms with van der Waals surface area (Å²) in [6.45, 7) is 4.46. The fourth-order valence-corrected chi connectivity index (χ4v) is 7.54. The van der Waals surface area contributed by atoms with Crippen LogP contribution in [0.4, 0.5) is 0 Å². The van der Waals surface area contributed by atoms with Crippen molar-refractivity contribution in [1.82, 2.24) is 0 Å². The molecule has 0 aliphatic heterocycles. The molecule has 0 bridgehead atoms. The third-order valence-corrected chi connectivity index (χ3v) is 12.1. The number of esters is 2. The van der Waals surface area contributed by atoms with E-state index in [4.69, 9.17) is 18.9 Å². The van der Waals surface area contributed by atoms with Crippen molar-refractivity contribution >= 4 is 17.9 Å². The van der Waals surface area contributed by atoms with E-state index in [0.29, 0.717) is 23.9 Å². The highest BCUT2D eigenvalue weighted by atomic mass is 16.7. The van der Waals surface area contributed by atoms with Crippen LogP contribution in [0.15, 0.2) is 146 Å². The van der Waals surface area contributed by atoms with Gasteiger partial charge in [0.15, 0.2) is 12.4 Å². The average Bonchev–Trinajstić information content (AvgIpc) is 3.40. The molecule has 0 aliphatic carbocycles. The van der Waals surface area contributed by atoms with Gasteiger partial charge in [-0.2, -0.15) is 0 Å². The van der Waals surface area contributed by atoms with Gasteiger partial charge in [0.25, 0.3) is 0 Å². The van der Waals surface area contributed by atoms with Crippen LogP contribution in [0, 0.1) is 0 Å². The minimum absolute atomic E-state index is 0.135. The molecule has 0 N–H and O–H groups in total. The van der Waals surface area contributed by atoms with Crippen molar-refractivity contribution in [3.63, 3.8) is 0 Å². The van der Waals surface area contributed by atoms with Gasteiger partial charge in [-0.25, -0.2) is 0 Å². The topological polar surface area (TPSA) is 111 Å². The first kappa shape index (κ1) is 72.2. The number of unbranched alkanes of at least 4 members (excludes halogenated alkanes) is 14. The van der Waals surface area contributed by atoms with Crippen LogP contribution in [-0.4, -0.2) is 82.3 Å². The van der Waals surface area contributed by atoms with Gasteiger partial charge in [0.05, 0.1) is 40.3 Å². The smallest absolute Gasteiger partial charge is 0.306 e. The Morgan fingerprint density at radius 1 is 0.390 bits per heavy atom. The molecule has 0 aliphatic rings. The van der Waals surface area contributed by atoms with Gasteiger partial charge in [-0.05, 0) is 116 Å². The lowest BCUT2D eigenvalue weighted by Crippen LogP contribution is -2.44. The molecule has 0 aromatic rings. The zero-order valence-electron chi connectivity index (χ0n) is 49.3. The van der Waals surface area contributed by atoms with Crippen LogP contribution in [0.1, 0.15) is 206 Å². The maximum Gasteiger partial charge on any atom is 0.306 e. The van der Waals surface area contributed by atoms with Crippen molar-refractivity contribution in [2.45, 2.75) is 219 Å². The molecule has 9 heteroatoms. The normalized spacial score (nSPS) is 13.8. The van der Waals surface area contributed by atoms with Crippen molar-refractivity contribution < 1.29 is 42.9 Å². The summed E-state index contributed by atoms with van der Waals surface area (Å²) < 4.78 is 22.7. The Morgan fingerprint density at radius 3 is 1.04 bits per heavy atom. The first-order valence-electron chi connectivity index (χ1n) is 30.0. The number of carbonyl (C=O) groups excluding carboxylic acids is 3. The molecule has 0 heterocycles. The minimum atomic E-state index is -1.64. The van der Waals surface area contributed by atoms with E-state index >= 15 is 0 Å². The Kier molecular flexibility index (Phi) is 53.8. The lowest BCUT2D eigenvalue weighted by molar-refractivity contribution is -0.870. The summed E-state index contributed by atoms with van der Waals surface area (Å²) in [4.78, 5) is 37.3. The third kappa shape index (κ3) is 58.7. The first-order valence-corrected chi connectivity index (χ1v) is 30.0. The Morgan fingerprint density at radius 2 is 0.701 bits per heavy atom. The quantitative estimate of drug-likeness (QED) is 0.0195. The number of allylic oxidation sites excluding steroid dienone is 24. The lowest BCUT2D eigenvalue weighted by Gasteiger charge is -2.26. The van der Waals surface area contributed by atoms with Crippen molar-refractivity contribution in [3.05, 3.63) is 146 Å². The number of carboxylic acid groups (broad SMARTS) is 1. The fraction of sp³-hybridized carbons (Fsp3) is 0.603. The highest BCUT2D eigenvalue weighted by Gasteiger charge is 2.22. The zero-order valence-corrected chi connectivity index (χ0v) is 49.3. The lowest BCUT2D eigenvalue weighted by atomic mass is 10.0. The second-order valence-electron chi connectivity index (χ2n) is 20.5. The summed E-state index contributed by atoms with van der Waals surface area (Å²) in [5, 5.41) is 11.8. The largest absolute Gasteiger partial charge is 0.545 e. The number of aliphatic carboxylic acids is 1. The molecule has 2 atom stereocenters. The monoisotopic (exact) mass is 1070 g/mol. The van der Waals surface area contributed by atoms with Crippen LogP contribution in [0.2, 0.25) is 0 Å². The van der Waals surface area contributed by atoms with Gasteiger partial charge in [-0.1, -0.05) is 224 Å². The summed E-state index contributed by atoms with van der Waals surface area (Å²) in [6.07, 6.45) is 80.4. The second-order valence-corrected chi connectivity index (χ2v) is 20.5. The first-order chi connectivity index (χ1) is 37.6. The summed E-state index contributed by atoms with van der Waals surface area (Å²) in [5.74, 6) is -2.34. The van der Waals surface area contributed by atoms with E-state index in [9.17, 15) is 19.5 Å². The van der Waals surface area contributed by atoms with Gasteiger partial charge in [-0.3, -0.25) is 9.59 Å². The summed E-state index contributed by atoms with van der Waals surface area (Å²) >= 11 is 0. The molecule has 0 aromatic heterocycles. The molecule has 0 radical (unpaired) electrons. The fourth-order valence-electron chi connectivity index (χ4n) is 7.54. The zero-order chi connectivity index (χ0) is 56.2. The van der Waals surface area contributed by atoms with E-state index in [1.165, 1.54) is 38.5 Å². The number of likely N-dealkylation sites (N-methyl/N-ethyl adjacent to an activating group) is 1. The van der Waals surface area contributed by atoms with E-state index in [0.717, 1.165) is 128 Å². The number of hydrogen-bond acceptors (Lipinski definition) is 8. The van der Waals surface area contributed by atoms with E-state index in [1.54, 1.807) is 0 Å². The average molecular weight is 1070 g/mol. The van der Waals surface area contributed by atoms with Crippen molar-refractivity contribution in [1.29, 1.82) is 0 Å². The molecular formula is C68H109NO8. The number of rotatable bonds is 53. The van der Waals surface area contributed by atoms with Crippen LogP contribution in [0.25, 0.3) is 0 Å². The molecule has 0 saturated carbocycles. The van der Waals surface area contributed by atoms with Gasteiger partial charge in [0.2, 0.25) is 0 Å². The minimum Gasteiger partial charge on any atom is -0.545 e. The maximum atomic E-state index is 12.9. The van der Waals surface area contributed by atoms with Crippen molar-refractivity contribution in [2.24, 2.45) is 0 Å². The summed E-state index contributed by atoms with van der Waals surface area (Å²) in [6, 6.07) is 0. The SMILES string of the molecule is CC/C=C\C/C=C\C/C=C\C/C=C\C/C=C\C/C=C\C/C=C\C/C=C\CCCCCCCCCCCCC(=O)OC(COC(=O)CCCCCC/C=C\C/C=C\C/C=C\C/C=C\CC)COC(OCC[N+](C)(C)C)C(=O)[O-]. The van der Waals surface area contributed by atoms with Gasteiger partial charge in [0, 0.05) is 12.8 Å². The van der Waals surface area contributed by atoms with Gasteiger partial charge >= 0.3 is 11.9 Å². The van der Waals surface area contributed by atoms with Crippen LogP contribution in [0.3, 0.4) is 0 Å². The molecule has 9 nitrogen and oxygen atoms in total. The molecule has 2 unspecified atom stereocenters. The van der Waals surface area contributed by atoms with E-state index in [-0.39, 0.29) is 38.6 Å². The van der Waals surface area contributed by atoms with Gasteiger partial charge < -0.3 is 33.3 Å². The highest BCUT2D eigenvalue weighted by molar-refractivity contribution is 5.70. The molecule has 0 rings (SSSR count). The van der Waals surface area contributed by atoms with E-state index in [1.807, 2.05) is 21.1 Å². The molecule has 77 heavy (non-hydrogen) atoms. The Hall–Kier alpha value is -4.83. The number of hydrogen-bond donors (Lipinski definition) is 0. The number of carbonyl (C=O) groups is 3. The van der Waals surface area contributed by atoms with Crippen molar-refractivity contribution in [2.75, 3.05) is 47.5 Å². The van der Waals surface area contributed by atoms with Gasteiger partial charge in [-0.15, -0.1) is 0 Å². The predicted octanol–water partition coefficient (Wildman–Crippen LogP) is 16.7. The molecule has 0 aromatic carbocycles. The molecule has 0 spiro atoms. The summed E-state index contributed by atoms with van der Waals surface area (Å²) in [5.41, 5.74) is 0. The molecule has 434 valence electrons. The molecule has 0 fully saturated rings. The van der Waals surface area contributed by atoms with Crippen LogP contribution in [-0.2, 0) is 33.3 Å². The third-order valence-electron chi connectivity index (χ3n) is 12.1. The number of quaternary nitrogens is 1. The van der Waals surface area contributed by atoms with E-state index in [2.05, 4.69) is 160 Å². The van der Waals surface area contributed by atoms with Crippen LogP contribution >= 0.6 is 0 Å². The Labute approximate surface area is 471 Å². The number of ether oxygens (including phenoxy) is 4.